The molecule has 1 aromatic heterocycles. The number of nitrogens with one attached hydrogen (secondary N) is 1. The molecule has 1 saturated heterocycles. The Labute approximate surface area is 118 Å². The molecule has 2 heterocycles. The summed E-state index contributed by atoms with van der Waals surface area (Å²) >= 11 is 3.18. The zero-order valence-electron chi connectivity index (χ0n) is 10.2. The Morgan fingerprint density at radius 3 is 3.00 bits per heavy atom. The molecule has 2 rings (SSSR count). The van der Waals surface area contributed by atoms with Gasteiger partial charge in [-0.25, -0.2) is 4.98 Å². The molecular weight excluding hydrogens is 316 g/mol. The van der Waals surface area contributed by atoms with Crippen LogP contribution in [0.25, 0.3) is 0 Å². The number of aromatic nitrogens is 1. The highest BCUT2D eigenvalue weighted by atomic mass is 79.9. The number of hydrogen-bond donors (Lipinski definition) is 2. The molecule has 0 aromatic carbocycles. The Morgan fingerprint density at radius 2 is 2.37 bits per heavy atom. The molecule has 1 aliphatic rings. The zero-order chi connectivity index (χ0) is 14.0. The van der Waals surface area contributed by atoms with Crippen molar-refractivity contribution in [2.45, 2.75) is 13.0 Å². The molecule has 1 aliphatic heterocycles. The summed E-state index contributed by atoms with van der Waals surface area (Å²) in [6.45, 7) is 1.83. The van der Waals surface area contributed by atoms with E-state index in [9.17, 15) is 14.7 Å². The summed E-state index contributed by atoms with van der Waals surface area (Å²) < 4.78 is 5.60. The van der Waals surface area contributed by atoms with E-state index < -0.39 is 17.4 Å². The number of carboxylic acid groups (broad SMARTS) is 1. The summed E-state index contributed by atoms with van der Waals surface area (Å²) in [6.07, 6.45) is 1.56. The van der Waals surface area contributed by atoms with E-state index in [1.807, 2.05) is 0 Å². The number of carbonyl (C=O) groups is 2. The maximum Gasteiger partial charge on any atom is 0.313 e. The summed E-state index contributed by atoms with van der Waals surface area (Å²) in [5.74, 6) is -1.36. The van der Waals surface area contributed by atoms with Crippen LogP contribution in [-0.4, -0.2) is 41.2 Å². The van der Waals surface area contributed by atoms with E-state index in [0.29, 0.717) is 10.2 Å². The van der Waals surface area contributed by atoms with E-state index in [1.165, 1.54) is 0 Å². The van der Waals surface area contributed by atoms with Gasteiger partial charge in [0.05, 0.1) is 24.8 Å². The number of amides is 1. The summed E-state index contributed by atoms with van der Waals surface area (Å²) in [5.41, 5.74) is -0.744. The molecule has 0 bridgehead atoms. The van der Waals surface area contributed by atoms with Crippen LogP contribution in [0, 0.1) is 5.41 Å². The van der Waals surface area contributed by atoms with E-state index >= 15 is 0 Å². The Bertz CT molecular complexity index is 522. The molecular formula is C12H13BrN2O4. The first kappa shape index (κ1) is 14.0. The summed E-state index contributed by atoms with van der Waals surface area (Å²) in [6, 6.07) is 2.69. The molecule has 1 aromatic rings. The van der Waals surface area contributed by atoms with Crippen molar-refractivity contribution in [2.24, 2.45) is 5.41 Å². The molecule has 1 amide bonds. The van der Waals surface area contributed by atoms with Gasteiger partial charge in [0.1, 0.15) is 10.0 Å². The monoisotopic (exact) mass is 328 g/mol. The third kappa shape index (κ3) is 2.62. The van der Waals surface area contributed by atoms with E-state index in [4.69, 9.17) is 4.74 Å². The van der Waals surface area contributed by atoms with Crippen molar-refractivity contribution in [1.29, 1.82) is 0 Å². The first-order chi connectivity index (χ1) is 8.95. The Kier molecular flexibility index (Phi) is 3.86. The molecule has 0 spiro atoms. The van der Waals surface area contributed by atoms with Gasteiger partial charge in [-0.05, 0) is 35.0 Å². The Morgan fingerprint density at radius 1 is 1.63 bits per heavy atom. The number of pyridine rings is 1. The molecule has 0 radical (unpaired) electrons. The van der Waals surface area contributed by atoms with Gasteiger partial charge in [-0.3, -0.25) is 9.59 Å². The smallest absolute Gasteiger partial charge is 0.313 e. The summed E-state index contributed by atoms with van der Waals surface area (Å²) in [5, 5.41) is 11.9. The van der Waals surface area contributed by atoms with E-state index in [1.54, 1.807) is 25.3 Å². The highest BCUT2D eigenvalue weighted by molar-refractivity contribution is 9.10. The molecule has 2 N–H and O–H groups in total. The molecule has 7 heteroatoms. The standard InChI is InChI=1S/C12H13BrN2O4/c1-12(11(17)18)6-19-5-8(12)15-10(16)7-3-2-4-14-9(7)13/h2-4,8H,5-6H2,1H3,(H,15,16)(H,17,18). The number of nitrogens with zero attached hydrogens (tertiary/aromatic N) is 1. The number of carbonyl (C=O) groups excluding carboxylic acids is 1. The first-order valence-corrected chi connectivity index (χ1v) is 6.47. The fourth-order valence-electron chi connectivity index (χ4n) is 1.88. The molecule has 2 unspecified atom stereocenters. The number of halogens is 1. The normalized spacial score (nSPS) is 26.1. The lowest BCUT2D eigenvalue weighted by Crippen LogP contribution is -2.49. The third-order valence-electron chi connectivity index (χ3n) is 3.25. The second kappa shape index (κ2) is 5.26. The molecule has 6 nitrogen and oxygen atoms in total. The maximum atomic E-state index is 12.1. The number of rotatable bonds is 3. The second-order valence-electron chi connectivity index (χ2n) is 4.61. The first-order valence-electron chi connectivity index (χ1n) is 5.67. The highest BCUT2D eigenvalue weighted by Crippen LogP contribution is 2.29. The van der Waals surface area contributed by atoms with Crippen molar-refractivity contribution < 1.29 is 19.4 Å². The minimum absolute atomic E-state index is 0.0848. The van der Waals surface area contributed by atoms with Crippen molar-refractivity contribution >= 4 is 27.8 Å². The predicted octanol–water partition coefficient (Wildman–Crippen LogP) is 1.06. The minimum atomic E-state index is -1.11. The van der Waals surface area contributed by atoms with Gasteiger partial charge in [0.25, 0.3) is 5.91 Å². The van der Waals surface area contributed by atoms with Crippen LogP contribution in [0.2, 0.25) is 0 Å². The van der Waals surface area contributed by atoms with Crippen LogP contribution in [0.3, 0.4) is 0 Å². The predicted molar refractivity (Wildman–Crippen MR) is 69.8 cm³/mol. The highest BCUT2D eigenvalue weighted by Gasteiger charge is 2.47. The molecule has 102 valence electrons. The summed E-state index contributed by atoms with van der Waals surface area (Å²) in [7, 11) is 0. The van der Waals surface area contributed by atoms with E-state index in [-0.39, 0.29) is 19.1 Å². The molecule has 0 saturated carbocycles. The van der Waals surface area contributed by atoms with Gasteiger partial charge in [0.15, 0.2) is 0 Å². The minimum Gasteiger partial charge on any atom is -0.481 e. The fraction of sp³-hybridized carbons (Fsp3) is 0.417. The fourth-order valence-corrected chi connectivity index (χ4v) is 2.31. The quantitative estimate of drug-likeness (QED) is 0.810. The third-order valence-corrected chi connectivity index (χ3v) is 3.89. The van der Waals surface area contributed by atoms with Crippen LogP contribution < -0.4 is 5.32 Å². The molecule has 2 atom stereocenters. The van der Waals surface area contributed by atoms with Crippen LogP contribution >= 0.6 is 15.9 Å². The largest absolute Gasteiger partial charge is 0.481 e. The van der Waals surface area contributed by atoms with Crippen molar-refractivity contribution in [3.63, 3.8) is 0 Å². The van der Waals surface area contributed by atoms with Gasteiger partial charge < -0.3 is 15.2 Å². The summed E-state index contributed by atoms with van der Waals surface area (Å²) in [4.78, 5) is 27.3. The van der Waals surface area contributed by atoms with Gasteiger partial charge in [-0.15, -0.1) is 0 Å². The Balaban J connectivity index is 2.16. The van der Waals surface area contributed by atoms with Crippen LogP contribution in [0.5, 0.6) is 0 Å². The van der Waals surface area contributed by atoms with Crippen LogP contribution in [-0.2, 0) is 9.53 Å². The van der Waals surface area contributed by atoms with Gasteiger partial charge in [0, 0.05) is 6.20 Å². The number of hydrogen-bond acceptors (Lipinski definition) is 4. The molecule has 19 heavy (non-hydrogen) atoms. The average molecular weight is 329 g/mol. The average Bonchev–Trinajstić information content (AvgIpc) is 2.73. The number of ether oxygens (including phenoxy) is 1. The van der Waals surface area contributed by atoms with Gasteiger partial charge in [-0.1, -0.05) is 0 Å². The van der Waals surface area contributed by atoms with Crippen LogP contribution in [0.4, 0.5) is 0 Å². The lowest BCUT2D eigenvalue weighted by Gasteiger charge is -2.25. The lowest BCUT2D eigenvalue weighted by molar-refractivity contribution is -0.148. The SMILES string of the molecule is CC1(C(=O)O)COCC1NC(=O)c1cccnc1Br. The van der Waals surface area contributed by atoms with Gasteiger partial charge >= 0.3 is 5.97 Å². The molecule has 1 fully saturated rings. The maximum absolute atomic E-state index is 12.1. The zero-order valence-corrected chi connectivity index (χ0v) is 11.8. The topological polar surface area (TPSA) is 88.5 Å². The van der Waals surface area contributed by atoms with Gasteiger partial charge in [-0.2, -0.15) is 0 Å². The second-order valence-corrected chi connectivity index (χ2v) is 5.36. The lowest BCUT2D eigenvalue weighted by atomic mass is 9.85. The van der Waals surface area contributed by atoms with E-state index in [2.05, 4.69) is 26.2 Å². The van der Waals surface area contributed by atoms with Crippen molar-refractivity contribution in [1.82, 2.24) is 10.3 Å². The number of aliphatic carboxylic acids is 1. The molecule has 0 aliphatic carbocycles. The Hall–Kier alpha value is -1.47. The number of carboxylic acids is 1. The van der Waals surface area contributed by atoms with Gasteiger partial charge in [0.2, 0.25) is 0 Å². The van der Waals surface area contributed by atoms with Crippen molar-refractivity contribution in [3.8, 4) is 0 Å². The van der Waals surface area contributed by atoms with Crippen LogP contribution in [0.15, 0.2) is 22.9 Å². The van der Waals surface area contributed by atoms with Crippen LogP contribution in [0.1, 0.15) is 17.3 Å². The van der Waals surface area contributed by atoms with Crippen molar-refractivity contribution in [3.05, 3.63) is 28.5 Å². The van der Waals surface area contributed by atoms with E-state index in [0.717, 1.165) is 0 Å². The van der Waals surface area contributed by atoms with Crippen molar-refractivity contribution in [2.75, 3.05) is 13.2 Å².